The summed E-state index contributed by atoms with van der Waals surface area (Å²) < 4.78 is 0. The molecule has 2 rings (SSSR count). The number of aliphatic carboxylic acids is 2. The van der Waals surface area contributed by atoms with Crippen molar-refractivity contribution in [1.29, 1.82) is 0 Å². The number of amides is 7. The predicted molar refractivity (Wildman–Crippen MR) is 229 cm³/mol. The summed E-state index contributed by atoms with van der Waals surface area (Å²) in [5.41, 5.74) is 6.56. The molecule has 0 unspecified atom stereocenters. The van der Waals surface area contributed by atoms with Crippen molar-refractivity contribution >= 4 is 53.3 Å². The molecule has 0 aliphatic carbocycles. The van der Waals surface area contributed by atoms with Crippen LogP contribution in [0.3, 0.4) is 0 Å². The van der Waals surface area contributed by atoms with E-state index in [9.17, 15) is 48.3 Å². The van der Waals surface area contributed by atoms with Gasteiger partial charge in [0.25, 0.3) is 0 Å². The van der Waals surface area contributed by atoms with Crippen LogP contribution < -0.4 is 37.6 Å². The number of rotatable bonds is 24. The Kier molecular flexibility index (Phi) is 21.0. The molecule has 1 fully saturated rings. The van der Waals surface area contributed by atoms with Gasteiger partial charge in [-0.05, 0) is 61.8 Å². The quantitative estimate of drug-likeness (QED) is 0.0684. The molecule has 7 amide bonds. The lowest BCUT2D eigenvalue weighted by atomic mass is 9.98. The number of nitrogens with zero attached hydrogens (tertiary/aromatic N) is 1. The first-order valence-corrected chi connectivity index (χ1v) is 21.3. The molecule has 1 aromatic rings. The minimum absolute atomic E-state index is 0.00418. The molecule has 0 spiro atoms. The highest BCUT2D eigenvalue weighted by Crippen LogP contribution is 2.21. The smallest absolute Gasteiger partial charge is 0.326 e. The zero-order valence-corrected chi connectivity index (χ0v) is 37.4. The van der Waals surface area contributed by atoms with Crippen LogP contribution in [0.4, 0.5) is 0 Å². The average molecular weight is 873 g/mol. The Bertz CT molecular complexity index is 1740. The Hall–Kier alpha value is -5.59. The van der Waals surface area contributed by atoms with Crippen molar-refractivity contribution in [3.8, 4) is 0 Å². The Morgan fingerprint density at radius 1 is 0.645 bits per heavy atom. The van der Waals surface area contributed by atoms with Gasteiger partial charge in [0.15, 0.2) is 0 Å². The van der Waals surface area contributed by atoms with Crippen LogP contribution in [0.25, 0.3) is 0 Å². The van der Waals surface area contributed by atoms with Crippen molar-refractivity contribution in [3.63, 3.8) is 0 Å². The monoisotopic (exact) mass is 873 g/mol. The van der Waals surface area contributed by atoms with Crippen LogP contribution in [0.1, 0.15) is 100.0 Å². The molecule has 19 heteroatoms. The molecule has 1 aliphatic heterocycles. The average Bonchev–Trinajstić information content (AvgIpc) is 3.69. The summed E-state index contributed by atoms with van der Waals surface area (Å²) in [4.78, 5) is 119. The molecule has 0 radical (unpaired) electrons. The second-order valence-electron chi connectivity index (χ2n) is 17.4. The van der Waals surface area contributed by atoms with Gasteiger partial charge in [0.1, 0.15) is 42.3 Å². The fraction of sp³-hybridized carbons (Fsp3) is 0.651. The van der Waals surface area contributed by atoms with Crippen molar-refractivity contribution in [2.24, 2.45) is 29.4 Å². The second kappa shape index (κ2) is 24.8. The van der Waals surface area contributed by atoms with E-state index in [4.69, 9.17) is 10.8 Å². The lowest BCUT2D eigenvalue weighted by Gasteiger charge is -2.31. The lowest BCUT2D eigenvalue weighted by molar-refractivity contribution is -0.150. The number of carboxylic acids is 2. The largest absolute Gasteiger partial charge is 0.481 e. The van der Waals surface area contributed by atoms with E-state index in [1.807, 2.05) is 13.8 Å². The highest BCUT2D eigenvalue weighted by molar-refractivity contribution is 5.97. The Labute approximate surface area is 363 Å². The van der Waals surface area contributed by atoms with Gasteiger partial charge in [0.05, 0.1) is 6.04 Å². The topological polar surface area (TPSA) is 296 Å². The molecule has 0 saturated carbocycles. The third kappa shape index (κ3) is 16.4. The van der Waals surface area contributed by atoms with Crippen molar-refractivity contribution < 1.29 is 53.4 Å². The van der Waals surface area contributed by atoms with E-state index in [1.165, 1.54) is 11.8 Å². The van der Waals surface area contributed by atoms with Gasteiger partial charge in [0.2, 0.25) is 41.4 Å². The van der Waals surface area contributed by atoms with E-state index in [2.05, 4.69) is 31.9 Å². The van der Waals surface area contributed by atoms with Crippen molar-refractivity contribution in [2.45, 2.75) is 149 Å². The van der Waals surface area contributed by atoms with Gasteiger partial charge >= 0.3 is 11.9 Å². The lowest BCUT2D eigenvalue weighted by Crippen LogP contribution is -2.61. The number of hydrogen-bond donors (Lipinski definition) is 9. The molecule has 10 N–H and O–H groups in total. The summed E-state index contributed by atoms with van der Waals surface area (Å²) in [5, 5.41) is 34.6. The molecule has 1 saturated heterocycles. The van der Waals surface area contributed by atoms with Gasteiger partial charge in [-0.25, -0.2) is 4.79 Å². The van der Waals surface area contributed by atoms with Crippen LogP contribution in [-0.2, 0) is 49.6 Å². The number of hydrogen-bond acceptors (Lipinski definition) is 10. The Balaban J connectivity index is 2.25. The fourth-order valence-corrected chi connectivity index (χ4v) is 6.92. The Morgan fingerprint density at radius 3 is 1.66 bits per heavy atom. The maximum absolute atomic E-state index is 14.0. The second-order valence-corrected chi connectivity index (χ2v) is 17.4. The number of carbonyl (C=O) groups is 9. The number of benzene rings is 1. The van der Waals surface area contributed by atoms with Crippen LogP contribution in [0.15, 0.2) is 30.3 Å². The summed E-state index contributed by atoms with van der Waals surface area (Å²) in [5.74, 6) is -8.53. The molecule has 0 aromatic heterocycles. The SMILES string of the molecule is CC(C)C[C@H](NC(=O)[C@H](Cc1ccccc1)NC(=O)[C@@H](NC(=O)[C@@H](N)CCC(=O)O)C(C)C)C(=O)N[C@@H](C)C(=O)N[C@H](C(=O)N[C@H](C(=O)N1CCC[C@H]1C(=O)O)C(C)C)C(C)C. The molecule has 0 bridgehead atoms. The molecule has 1 aromatic carbocycles. The third-order valence-corrected chi connectivity index (χ3v) is 10.6. The van der Waals surface area contributed by atoms with E-state index in [1.54, 1.807) is 71.9 Å². The van der Waals surface area contributed by atoms with Crippen molar-refractivity contribution in [2.75, 3.05) is 6.54 Å². The van der Waals surface area contributed by atoms with Crippen LogP contribution in [0.2, 0.25) is 0 Å². The summed E-state index contributed by atoms with van der Waals surface area (Å²) >= 11 is 0. The van der Waals surface area contributed by atoms with Crippen molar-refractivity contribution in [1.82, 2.24) is 36.8 Å². The van der Waals surface area contributed by atoms with E-state index in [-0.39, 0.29) is 38.1 Å². The number of carbonyl (C=O) groups excluding carboxylic acids is 7. The third-order valence-electron chi connectivity index (χ3n) is 10.6. The van der Waals surface area contributed by atoms with Crippen LogP contribution in [0.5, 0.6) is 0 Å². The first kappa shape index (κ1) is 52.5. The number of carboxylic acid groups (broad SMARTS) is 2. The maximum atomic E-state index is 14.0. The van der Waals surface area contributed by atoms with Gasteiger partial charge in [-0.15, -0.1) is 0 Å². The zero-order chi connectivity index (χ0) is 47.0. The first-order chi connectivity index (χ1) is 28.9. The molecule has 346 valence electrons. The molecular weight excluding hydrogens is 805 g/mol. The van der Waals surface area contributed by atoms with Gasteiger partial charge in [0, 0.05) is 19.4 Å². The zero-order valence-electron chi connectivity index (χ0n) is 37.4. The normalized spacial score (nSPS) is 17.3. The number of nitrogens with one attached hydrogen (secondary N) is 6. The van der Waals surface area contributed by atoms with Crippen LogP contribution >= 0.6 is 0 Å². The van der Waals surface area contributed by atoms with Gasteiger partial charge < -0.3 is 52.7 Å². The maximum Gasteiger partial charge on any atom is 0.326 e. The highest BCUT2D eigenvalue weighted by Gasteiger charge is 2.40. The minimum Gasteiger partial charge on any atom is -0.481 e. The predicted octanol–water partition coefficient (Wildman–Crippen LogP) is 0.440. The number of likely N-dealkylation sites (tertiary alicyclic amines) is 1. The van der Waals surface area contributed by atoms with Gasteiger partial charge in [-0.3, -0.25) is 38.4 Å². The van der Waals surface area contributed by atoms with Gasteiger partial charge in [-0.2, -0.15) is 0 Å². The molecular formula is C43H68N8O11. The first-order valence-electron chi connectivity index (χ1n) is 21.3. The molecule has 19 nitrogen and oxygen atoms in total. The number of nitrogens with two attached hydrogens (primary N) is 1. The molecule has 8 atom stereocenters. The van der Waals surface area contributed by atoms with Crippen LogP contribution in [-0.4, -0.2) is 123 Å². The van der Waals surface area contributed by atoms with E-state index in [0.29, 0.717) is 18.4 Å². The Morgan fingerprint density at radius 2 is 1.15 bits per heavy atom. The van der Waals surface area contributed by atoms with E-state index >= 15 is 0 Å². The summed E-state index contributed by atoms with van der Waals surface area (Å²) in [6.07, 6.45) is 0.449. The van der Waals surface area contributed by atoms with Crippen LogP contribution in [0, 0.1) is 23.7 Å². The van der Waals surface area contributed by atoms with E-state index < -0.39 is 119 Å². The van der Waals surface area contributed by atoms with Gasteiger partial charge in [-0.1, -0.05) is 85.7 Å². The molecule has 62 heavy (non-hydrogen) atoms. The summed E-state index contributed by atoms with van der Waals surface area (Å²) in [6, 6.07) is -0.369. The molecule has 1 heterocycles. The summed E-state index contributed by atoms with van der Waals surface area (Å²) in [7, 11) is 0. The minimum atomic E-state index is -1.24. The molecule has 1 aliphatic rings. The highest BCUT2D eigenvalue weighted by atomic mass is 16.4. The fourth-order valence-electron chi connectivity index (χ4n) is 6.92. The van der Waals surface area contributed by atoms with E-state index in [0.717, 1.165) is 0 Å². The standard InChI is InChI=1S/C43H68N8O11/c1-22(2)20-29(46-39(57)30(21-27-14-11-10-12-15-27)47-40(58)33(23(3)4)49-37(55)28(44)17-18-32(52)53)38(56)45-26(9)36(54)48-34(24(5)6)41(59)50-35(25(7)8)42(60)51-19-13-16-31(51)43(61)62/h10-12,14-15,22-26,28-31,33-35H,13,16-21,44H2,1-9H3,(H,45,56)(H,46,57)(H,47,58)(H,48,54)(H,49,55)(H,50,59)(H,52,53)(H,61,62)/t26-,28-,29-,30-,31-,33-,34-,35-/m0/s1. The summed E-state index contributed by atoms with van der Waals surface area (Å²) in [6.45, 7) is 15.5. The van der Waals surface area contributed by atoms with Crippen molar-refractivity contribution in [3.05, 3.63) is 35.9 Å².